The Kier molecular flexibility index (Phi) is 6.65. The Bertz CT molecular complexity index is 1360. The molecule has 1 heterocycles. The van der Waals surface area contributed by atoms with E-state index in [9.17, 15) is 22.8 Å². The third-order valence-electron chi connectivity index (χ3n) is 4.82. The Morgan fingerprint density at radius 3 is 2.32 bits per heavy atom. The zero-order valence-corrected chi connectivity index (χ0v) is 18.1. The third-order valence-corrected chi connectivity index (χ3v) is 5.07. The van der Waals surface area contributed by atoms with E-state index in [-0.39, 0.29) is 5.56 Å². The number of hydrogen-bond acceptors (Lipinski definition) is 3. The van der Waals surface area contributed by atoms with Crippen LogP contribution in [-0.4, -0.2) is 28.1 Å². The van der Waals surface area contributed by atoms with Gasteiger partial charge in [-0.05, 0) is 36.4 Å². The van der Waals surface area contributed by atoms with E-state index in [0.717, 1.165) is 6.07 Å². The van der Waals surface area contributed by atoms with E-state index in [1.807, 2.05) is 30.3 Å². The van der Waals surface area contributed by atoms with E-state index in [0.29, 0.717) is 28.0 Å². The van der Waals surface area contributed by atoms with Crippen molar-refractivity contribution < 1.29 is 22.8 Å². The van der Waals surface area contributed by atoms with Crippen LogP contribution in [0.3, 0.4) is 0 Å². The molecule has 0 unspecified atom stereocenters. The fourth-order valence-corrected chi connectivity index (χ4v) is 3.27. The Balaban J connectivity index is 1.55. The highest BCUT2D eigenvalue weighted by molar-refractivity contribution is 6.30. The molecule has 4 aromatic rings. The summed E-state index contributed by atoms with van der Waals surface area (Å²) in [7, 11) is 0. The van der Waals surface area contributed by atoms with Gasteiger partial charge in [0, 0.05) is 16.8 Å². The number of anilines is 1. The summed E-state index contributed by atoms with van der Waals surface area (Å²) in [6.45, 7) is -0.548. The summed E-state index contributed by atoms with van der Waals surface area (Å²) < 4.78 is 41.7. The summed E-state index contributed by atoms with van der Waals surface area (Å²) in [5, 5.41) is 9.55. The normalized spacial score (nSPS) is 10.7. The molecule has 2 amide bonds. The maximum absolute atomic E-state index is 13.8. The van der Waals surface area contributed by atoms with Crippen LogP contribution < -0.4 is 10.6 Å². The van der Waals surface area contributed by atoms with Gasteiger partial charge < -0.3 is 10.6 Å². The van der Waals surface area contributed by atoms with Crippen molar-refractivity contribution in [3.05, 3.63) is 101 Å². The highest BCUT2D eigenvalue weighted by atomic mass is 35.5. The zero-order chi connectivity index (χ0) is 24.2. The van der Waals surface area contributed by atoms with Gasteiger partial charge in [0.1, 0.15) is 5.69 Å². The van der Waals surface area contributed by atoms with E-state index >= 15 is 0 Å². The molecule has 0 fully saturated rings. The fourth-order valence-electron chi connectivity index (χ4n) is 3.15. The van der Waals surface area contributed by atoms with E-state index < -0.39 is 41.5 Å². The van der Waals surface area contributed by atoms with Gasteiger partial charge in [-0.25, -0.2) is 17.9 Å². The maximum atomic E-state index is 13.8. The van der Waals surface area contributed by atoms with Crippen LogP contribution in [0.4, 0.5) is 18.9 Å². The van der Waals surface area contributed by atoms with Crippen LogP contribution in [0.2, 0.25) is 5.02 Å². The van der Waals surface area contributed by atoms with Crippen molar-refractivity contribution in [3.63, 3.8) is 0 Å². The molecule has 34 heavy (non-hydrogen) atoms. The predicted octanol–water partition coefficient (Wildman–Crippen LogP) is 4.98. The van der Waals surface area contributed by atoms with E-state index in [1.165, 1.54) is 10.9 Å². The Morgan fingerprint density at radius 1 is 0.912 bits per heavy atom. The average Bonchev–Trinajstić information content (AvgIpc) is 3.29. The van der Waals surface area contributed by atoms with Gasteiger partial charge in [-0.3, -0.25) is 9.59 Å². The van der Waals surface area contributed by atoms with Gasteiger partial charge in [-0.15, -0.1) is 0 Å². The molecule has 2 N–H and O–H groups in total. The van der Waals surface area contributed by atoms with Gasteiger partial charge in [0.2, 0.25) is 5.91 Å². The summed E-state index contributed by atoms with van der Waals surface area (Å²) in [5.74, 6) is -6.07. The molecule has 3 aromatic carbocycles. The first-order chi connectivity index (χ1) is 16.3. The fraction of sp³-hybridized carbons (Fsp3) is 0.0417. The molecule has 0 bridgehead atoms. The van der Waals surface area contributed by atoms with Crippen LogP contribution in [0.15, 0.2) is 72.9 Å². The largest absolute Gasteiger partial charge is 0.343 e. The van der Waals surface area contributed by atoms with Gasteiger partial charge in [0.05, 0.1) is 23.5 Å². The number of nitrogens with zero attached hydrogens (tertiary/aromatic N) is 2. The summed E-state index contributed by atoms with van der Waals surface area (Å²) in [6, 6.07) is 17.4. The summed E-state index contributed by atoms with van der Waals surface area (Å²) in [6.07, 6.45) is 1.52. The van der Waals surface area contributed by atoms with Gasteiger partial charge in [0.25, 0.3) is 5.91 Å². The van der Waals surface area contributed by atoms with Crippen LogP contribution >= 0.6 is 11.6 Å². The molecule has 0 saturated carbocycles. The van der Waals surface area contributed by atoms with E-state index in [1.54, 1.807) is 24.3 Å². The second kappa shape index (κ2) is 9.80. The first-order valence-electron chi connectivity index (χ1n) is 9.96. The number of rotatable bonds is 6. The number of benzene rings is 3. The molecule has 6 nitrogen and oxygen atoms in total. The molecule has 0 aliphatic carbocycles. The number of halogens is 4. The van der Waals surface area contributed by atoms with Crippen molar-refractivity contribution in [2.24, 2.45) is 0 Å². The van der Waals surface area contributed by atoms with E-state index in [2.05, 4.69) is 15.7 Å². The zero-order valence-electron chi connectivity index (χ0n) is 17.4. The number of amides is 2. The first-order valence-corrected chi connectivity index (χ1v) is 10.3. The molecule has 0 aliphatic rings. The topological polar surface area (TPSA) is 76.0 Å². The number of carbonyl (C=O) groups excluding carboxylic acids is 2. The molecule has 0 atom stereocenters. The Hall–Kier alpha value is -4.11. The second-order valence-electron chi connectivity index (χ2n) is 7.13. The van der Waals surface area contributed by atoms with Gasteiger partial charge in [-0.1, -0.05) is 41.9 Å². The van der Waals surface area contributed by atoms with Crippen LogP contribution in [0.1, 0.15) is 10.4 Å². The molecule has 4 rings (SSSR count). The first kappa shape index (κ1) is 23.1. The quantitative estimate of drug-likeness (QED) is 0.379. The lowest BCUT2D eigenvalue weighted by Gasteiger charge is -2.08. The molecular formula is C24H16ClF3N4O2. The maximum Gasteiger partial charge on any atom is 0.255 e. The smallest absolute Gasteiger partial charge is 0.255 e. The highest BCUT2D eigenvalue weighted by Gasteiger charge is 2.20. The van der Waals surface area contributed by atoms with Gasteiger partial charge in [-0.2, -0.15) is 5.10 Å². The number of hydrogen-bond donors (Lipinski definition) is 2. The Labute approximate surface area is 197 Å². The van der Waals surface area contributed by atoms with Crippen molar-refractivity contribution in [2.75, 3.05) is 11.9 Å². The van der Waals surface area contributed by atoms with Crippen molar-refractivity contribution in [1.29, 1.82) is 0 Å². The monoisotopic (exact) mass is 484 g/mol. The van der Waals surface area contributed by atoms with Gasteiger partial charge >= 0.3 is 0 Å². The lowest BCUT2D eigenvalue weighted by molar-refractivity contribution is -0.115. The third kappa shape index (κ3) is 4.94. The molecule has 0 spiro atoms. The molecule has 172 valence electrons. The second-order valence-corrected chi connectivity index (χ2v) is 7.57. The molecule has 0 radical (unpaired) electrons. The van der Waals surface area contributed by atoms with Crippen LogP contribution in [-0.2, 0) is 4.79 Å². The van der Waals surface area contributed by atoms with Crippen LogP contribution in [0.25, 0.3) is 16.9 Å². The van der Waals surface area contributed by atoms with E-state index in [4.69, 9.17) is 11.6 Å². The molecule has 1 aromatic heterocycles. The minimum Gasteiger partial charge on any atom is -0.343 e. The number of para-hydroxylation sites is 1. The number of carbonyl (C=O) groups is 2. The van der Waals surface area contributed by atoms with Gasteiger partial charge in [0.15, 0.2) is 17.5 Å². The van der Waals surface area contributed by atoms with Crippen LogP contribution in [0.5, 0.6) is 0 Å². The van der Waals surface area contributed by atoms with Crippen LogP contribution in [0, 0.1) is 17.5 Å². The lowest BCUT2D eigenvalue weighted by atomic mass is 10.1. The predicted molar refractivity (Wildman–Crippen MR) is 121 cm³/mol. The summed E-state index contributed by atoms with van der Waals surface area (Å²) >= 11 is 5.96. The number of aromatic nitrogens is 2. The Morgan fingerprint density at radius 2 is 1.62 bits per heavy atom. The standard InChI is InChI=1S/C24H16ClF3N4O2/c25-15-8-6-14(7-9-15)23-17(13-32(31-23)16-4-2-1-3-5-16)24(34)29-12-20(33)30-19-11-10-18(26)21(27)22(19)28/h1-11,13H,12H2,(H,29,34)(H,30,33). The molecule has 0 aliphatic heterocycles. The summed E-state index contributed by atoms with van der Waals surface area (Å²) in [4.78, 5) is 25.1. The van der Waals surface area contributed by atoms with Crippen molar-refractivity contribution in [3.8, 4) is 16.9 Å². The highest BCUT2D eigenvalue weighted by Crippen LogP contribution is 2.25. The lowest BCUT2D eigenvalue weighted by Crippen LogP contribution is -2.33. The van der Waals surface area contributed by atoms with Crippen molar-refractivity contribution in [1.82, 2.24) is 15.1 Å². The molecule has 10 heteroatoms. The number of nitrogens with one attached hydrogen (secondary N) is 2. The minimum absolute atomic E-state index is 0.179. The minimum atomic E-state index is -1.71. The molecular weight excluding hydrogens is 469 g/mol. The van der Waals surface area contributed by atoms with Crippen molar-refractivity contribution >= 4 is 29.1 Å². The summed E-state index contributed by atoms with van der Waals surface area (Å²) in [5.41, 5.74) is 1.32. The average molecular weight is 485 g/mol. The SMILES string of the molecule is O=C(CNC(=O)c1cn(-c2ccccc2)nc1-c1ccc(Cl)cc1)Nc1ccc(F)c(F)c1F. The van der Waals surface area contributed by atoms with Crippen molar-refractivity contribution in [2.45, 2.75) is 0 Å². The molecule has 0 saturated heterocycles.